The van der Waals surface area contributed by atoms with E-state index >= 15 is 0 Å². The number of rotatable bonds is 4. The molecule has 5 nitrogen and oxygen atoms in total. The Bertz CT molecular complexity index is 750. The molecule has 1 saturated heterocycles. The van der Waals surface area contributed by atoms with Gasteiger partial charge >= 0.3 is 0 Å². The van der Waals surface area contributed by atoms with Crippen LogP contribution in [0.4, 0.5) is 11.4 Å². The van der Waals surface area contributed by atoms with Crippen molar-refractivity contribution < 1.29 is 9.53 Å². The Morgan fingerprint density at radius 1 is 1.22 bits per heavy atom. The maximum Gasteiger partial charge on any atom is 0.249 e. The number of anilines is 2. The molecule has 1 aliphatic rings. The van der Waals surface area contributed by atoms with E-state index in [2.05, 4.69) is 11.4 Å². The summed E-state index contributed by atoms with van der Waals surface area (Å²) in [5, 5.41) is 12.1. The Hall–Kier alpha value is -3.00. The van der Waals surface area contributed by atoms with Gasteiger partial charge in [0, 0.05) is 12.2 Å². The first kappa shape index (κ1) is 14.9. The quantitative estimate of drug-likeness (QED) is 0.943. The van der Waals surface area contributed by atoms with E-state index in [1.165, 1.54) is 0 Å². The topological polar surface area (TPSA) is 65.4 Å². The molecule has 0 spiro atoms. The molecule has 3 rings (SSSR count). The molecule has 2 aromatic carbocycles. The highest BCUT2D eigenvalue weighted by Gasteiger charge is 2.32. The van der Waals surface area contributed by atoms with Crippen molar-refractivity contribution in [3.8, 4) is 11.8 Å². The highest BCUT2D eigenvalue weighted by atomic mass is 16.5. The molecule has 0 aromatic heterocycles. The minimum atomic E-state index is -0.276. The summed E-state index contributed by atoms with van der Waals surface area (Å²) in [6.07, 6.45) is 0.719. The Morgan fingerprint density at radius 3 is 2.65 bits per heavy atom. The van der Waals surface area contributed by atoms with Gasteiger partial charge in [-0.2, -0.15) is 5.26 Å². The van der Waals surface area contributed by atoms with Crippen molar-refractivity contribution in [1.29, 1.82) is 5.26 Å². The van der Waals surface area contributed by atoms with Gasteiger partial charge in [-0.1, -0.05) is 12.1 Å². The summed E-state index contributed by atoms with van der Waals surface area (Å²) in [4.78, 5) is 14.4. The lowest BCUT2D eigenvalue weighted by Crippen LogP contribution is -2.33. The number of hydrogen-bond acceptors (Lipinski definition) is 4. The first-order valence-corrected chi connectivity index (χ1v) is 7.44. The Morgan fingerprint density at radius 2 is 1.96 bits per heavy atom. The van der Waals surface area contributed by atoms with Gasteiger partial charge in [-0.15, -0.1) is 0 Å². The van der Waals surface area contributed by atoms with Crippen LogP contribution in [0.5, 0.6) is 5.75 Å². The molecule has 0 radical (unpaired) electrons. The van der Waals surface area contributed by atoms with E-state index in [-0.39, 0.29) is 11.9 Å². The number of ether oxygens (including phenoxy) is 1. The molecule has 2 aromatic rings. The molecule has 1 aliphatic heterocycles. The minimum Gasteiger partial charge on any atom is -0.495 e. The van der Waals surface area contributed by atoms with E-state index in [1.807, 2.05) is 36.4 Å². The average Bonchev–Trinajstić information content (AvgIpc) is 2.96. The van der Waals surface area contributed by atoms with Gasteiger partial charge in [0.2, 0.25) is 5.91 Å². The largest absolute Gasteiger partial charge is 0.495 e. The van der Waals surface area contributed by atoms with Crippen molar-refractivity contribution in [3.63, 3.8) is 0 Å². The summed E-state index contributed by atoms with van der Waals surface area (Å²) in [7, 11) is 1.61. The summed E-state index contributed by atoms with van der Waals surface area (Å²) in [5.74, 6) is 0.748. The van der Waals surface area contributed by atoms with Gasteiger partial charge in [-0.25, -0.2) is 0 Å². The number of nitrogens with one attached hydrogen (secondary N) is 1. The second-order valence-corrected chi connectivity index (χ2v) is 5.33. The average molecular weight is 307 g/mol. The van der Waals surface area contributed by atoms with Gasteiger partial charge in [0.05, 0.1) is 24.4 Å². The van der Waals surface area contributed by atoms with Crippen LogP contribution in [-0.2, 0) is 4.79 Å². The van der Waals surface area contributed by atoms with Crippen molar-refractivity contribution in [2.75, 3.05) is 23.9 Å². The minimum absolute atomic E-state index is 0.0283. The second kappa shape index (κ2) is 6.41. The van der Waals surface area contributed by atoms with Crippen LogP contribution in [0, 0.1) is 11.3 Å². The molecule has 1 atom stereocenters. The van der Waals surface area contributed by atoms with E-state index in [4.69, 9.17) is 10.00 Å². The van der Waals surface area contributed by atoms with Crippen LogP contribution < -0.4 is 15.0 Å². The third kappa shape index (κ3) is 2.97. The van der Waals surface area contributed by atoms with Gasteiger partial charge in [-0.3, -0.25) is 4.79 Å². The van der Waals surface area contributed by atoms with Crippen LogP contribution in [0.1, 0.15) is 12.0 Å². The zero-order chi connectivity index (χ0) is 16.2. The lowest BCUT2D eigenvalue weighted by atomic mass is 10.2. The first-order chi connectivity index (χ1) is 11.2. The molecule has 1 N–H and O–H groups in total. The van der Waals surface area contributed by atoms with E-state index < -0.39 is 0 Å². The number of hydrogen-bond donors (Lipinski definition) is 1. The van der Waals surface area contributed by atoms with Crippen LogP contribution in [0.2, 0.25) is 0 Å². The van der Waals surface area contributed by atoms with E-state index in [0.717, 1.165) is 23.5 Å². The molecule has 0 aliphatic carbocycles. The molecule has 0 saturated carbocycles. The predicted molar refractivity (Wildman–Crippen MR) is 88.5 cm³/mol. The summed E-state index contributed by atoms with van der Waals surface area (Å²) in [5.41, 5.74) is 2.22. The number of methoxy groups -OCH3 is 1. The summed E-state index contributed by atoms with van der Waals surface area (Å²) >= 11 is 0. The van der Waals surface area contributed by atoms with Crippen LogP contribution in [0.15, 0.2) is 48.5 Å². The van der Waals surface area contributed by atoms with E-state index in [1.54, 1.807) is 24.1 Å². The fourth-order valence-corrected chi connectivity index (χ4v) is 2.74. The van der Waals surface area contributed by atoms with Crippen molar-refractivity contribution in [2.45, 2.75) is 12.5 Å². The van der Waals surface area contributed by atoms with Crippen molar-refractivity contribution in [1.82, 2.24) is 0 Å². The highest BCUT2D eigenvalue weighted by molar-refractivity contribution is 6.01. The van der Waals surface area contributed by atoms with Crippen LogP contribution >= 0.6 is 0 Å². The maximum absolute atomic E-state index is 12.6. The third-order valence-electron chi connectivity index (χ3n) is 3.95. The molecule has 5 heteroatoms. The number of carbonyl (C=O) groups is 1. The lowest BCUT2D eigenvalue weighted by molar-refractivity contribution is -0.117. The molecular formula is C18H17N3O2. The Balaban J connectivity index is 1.75. The van der Waals surface area contributed by atoms with Crippen molar-refractivity contribution >= 4 is 17.3 Å². The Kier molecular flexibility index (Phi) is 4.15. The molecule has 1 unspecified atom stereocenters. The molecule has 23 heavy (non-hydrogen) atoms. The van der Waals surface area contributed by atoms with E-state index in [9.17, 15) is 4.79 Å². The van der Waals surface area contributed by atoms with Gasteiger partial charge in [0.25, 0.3) is 0 Å². The number of nitrogens with zero attached hydrogens (tertiary/aromatic N) is 2. The molecular weight excluding hydrogens is 290 g/mol. The molecule has 0 bridgehead atoms. The van der Waals surface area contributed by atoms with Crippen molar-refractivity contribution in [2.24, 2.45) is 0 Å². The van der Waals surface area contributed by atoms with Crippen LogP contribution in [-0.4, -0.2) is 25.6 Å². The van der Waals surface area contributed by atoms with Crippen LogP contribution in [0.3, 0.4) is 0 Å². The van der Waals surface area contributed by atoms with Gasteiger partial charge in [-0.05, 0) is 42.8 Å². The fraction of sp³-hybridized carbons (Fsp3) is 0.222. The number of para-hydroxylation sites is 2. The fourth-order valence-electron chi connectivity index (χ4n) is 2.74. The van der Waals surface area contributed by atoms with Crippen molar-refractivity contribution in [3.05, 3.63) is 54.1 Å². The SMILES string of the molecule is COc1ccccc1NC1CCN(c2ccc(C#N)cc2)C1=O. The zero-order valence-corrected chi connectivity index (χ0v) is 12.8. The smallest absolute Gasteiger partial charge is 0.249 e. The summed E-state index contributed by atoms with van der Waals surface area (Å²) in [6.45, 7) is 0.650. The Labute approximate surface area is 135 Å². The summed E-state index contributed by atoms with van der Waals surface area (Å²) in [6, 6.07) is 16.4. The molecule has 1 amide bonds. The molecule has 1 fully saturated rings. The number of amides is 1. The summed E-state index contributed by atoms with van der Waals surface area (Å²) < 4.78 is 5.31. The molecule has 1 heterocycles. The number of benzene rings is 2. The third-order valence-corrected chi connectivity index (χ3v) is 3.95. The van der Waals surface area contributed by atoms with Crippen LogP contribution in [0.25, 0.3) is 0 Å². The van der Waals surface area contributed by atoms with E-state index in [0.29, 0.717) is 12.1 Å². The second-order valence-electron chi connectivity index (χ2n) is 5.33. The normalized spacial score (nSPS) is 17.0. The lowest BCUT2D eigenvalue weighted by Gasteiger charge is -2.18. The highest BCUT2D eigenvalue weighted by Crippen LogP contribution is 2.28. The number of nitriles is 1. The van der Waals surface area contributed by atoms with Gasteiger partial charge < -0.3 is 15.0 Å². The monoisotopic (exact) mass is 307 g/mol. The molecule has 116 valence electrons. The standard InChI is InChI=1S/C18H17N3O2/c1-23-17-5-3-2-4-15(17)20-16-10-11-21(18(16)22)14-8-6-13(12-19)7-9-14/h2-9,16,20H,10-11H2,1H3. The first-order valence-electron chi connectivity index (χ1n) is 7.44. The van der Waals surface area contributed by atoms with Gasteiger partial charge in [0.1, 0.15) is 11.8 Å². The maximum atomic E-state index is 12.6. The zero-order valence-electron chi connectivity index (χ0n) is 12.8. The van der Waals surface area contributed by atoms with Gasteiger partial charge in [0.15, 0.2) is 0 Å². The predicted octanol–water partition coefficient (Wildman–Crippen LogP) is 2.78. The number of carbonyl (C=O) groups excluding carboxylic acids is 1.